The van der Waals surface area contributed by atoms with Crippen LogP contribution in [0.3, 0.4) is 0 Å². The number of carbonyl (C=O) groups is 1. The fourth-order valence-electron chi connectivity index (χ4n) is 2.95. The summed E-state index contributed by atoms with van der Waals surface area (Å²) in [6.45, 7) is 0. The number of unbranched alkanes of at least 4 members (excludes halogenated alkanes) is 2. The lowest BCUT2D eigenvalue weighted by Crippen LogP contribution is -2.22. The molecule has 1 saturated carbocycles. The average Bonchev–Trinajstić information content (AvgIpc) is 2.51. The summed E-state index contributed by atoms with van der Waals surface area (Å²) in [6, 6.07) is 10.5. The van der Waals surface area contributed by atoms with Crippen molar-refractivity contribution in [3.05, 3.63) is 48.0 Å². The molecule has 0 heterocycles. The molecule has 0 N–H and O–H groups in total. The predicted molar refractivity (Wildman–Crippen MR) is 85.0 cm³/mol. The molecule has 2 atom stereocenters. The van der Waals surface area contributed by atoms with Crippen molar-refractivity contribution < 1.29 is 9.18 Å². The van der Waals surface area contributed by atoms with E-state index >= 15 is 0 Å². The van der Waals surface area contributed by atoms with E-state index in [0.717, 1.165) is 38.5 Å². The fourth-order valence-corrected chi connectivity index (χ4v) is 2.95. The smallest absolute Gasteiger partial charge is 0.133 e. The number of hydrogen-bond donors (Lipinski definition) is 0. The molecule has 2 heteroatoms. The topological polar surface area (TPSA) is 17.1 Å². The highest BCUT2D eigenvalue weighted by atomic mass is 19.1. The summed E-state index contributed by atoms with van der Waals surface area (Å²) in [5.74, 6) is 0.150. The molecular weight excluding hydrogens is 263 g/mol. The molecule has 0 spiro atoms. The summed E-state index contributed by atoms with van der Waals surface area (Å²) < 4.78 is 14.0. The van der Waals surface area contributed by atoms with Gasteiger partial charge in [-0.2, -0.15) is 0 Å². The van der Waals surface area contributed by atoms with Gasteiger partial charge < -0.3 is 0 Å². The first-order valence-electron chi connectivity index (χ1n) is 8.12. The lowest BCUT2D eigenvalue weighted by molar-refractivity contribution is -0.122. The number of carbonyl (C=O) groups excluding carboxylic acids is 1. The molecule has 114 valence electrons. The Morgan fingerprint density at radius 3 is 2.81 bits per heavy atom. The number of hydrogen-bond acceptors (Lipinski definition) is 1. The van der Waals surface area contributed by atoms with Gasteiger partial charge >= 0.3 is 0 Å². The fraction of sp³-hybridized carbons (Fsp3) is 0.526. The molecule has 1 fully saturated rings. The lowest BCUT2D eigenvalue weighted by Gasteiger charge is -2.22. The number of halogens is 1. The van der Waals surface area contributed by atoms with Crippen molar-refractivity contribution in [1.29, 1.82) is 0 Å². The minimum Gasteiger partial charge on any atom is -0.300 e. The van der Waals surface area contributed by atoms with Crippen molar-refractivity contribution in [2.45, 2.75) is 57.5 Å². The Bertz CT molecular complexity index is 452. The van der Waals surface area contributed by atoms with Crippen LogP contribution in [0.4, 0.5) is 4.39 Å². The van der Waals surface area contributed by atoms with Crippen LogP contribution in [0.25, 0.3) is 0 Å². The molecule has 0 bridgehead atoms. The van der Waals surface area contributed by atoms with Gasteiger partial charge in [-0.3, -0.25) is 4.79 Å². The molecule has 0 amide bonds. The van der Waals surface area contributed by atoms with E-state index < -0.39 is 6.17 Å². The van der Waals surface area contributed by atoms with Gasteiger partial charge in [0.15, 0.2) is 0 Å². The first-order chi connectivity index (χ1) is 10.3. The molecular formula is C19H25FO. The Hall–Kier alpha value is -1.44. The number of ketones is 1. The van der Waals surface area contributed by atoms with Crippen LogP contribution in [0.15, 0.2) is 42.5 Å². The lowest BCUT2D eigenvalue weighted by atomic mass is 9.85. The first kappa shape index (κ1) is 15.9. The van der Waals surface area contributed by atoms with E-state index in [9.17, 15) is 9.18 Å². The zero-order valence-electron chi connectivity index (χ0n) is 12.6. The monoisotopic (exact) mass is 288 g/mol. The standard InChI is InChI=1S/C19H25FO/c20-19(17-12-8-13-18(21)15-17)14-7-2-1-4-9-16-10-5-3-6-11-16/h3,5-7,10-11,14,17,19H,1-2,4,8-9,12-13,15H2/b14-7+. The van der Waals surface area contributed by atoms with Gasteiger partial charge in [-0.25, -0.2) is 4.39 Å². The number of allylic oxidation sites excluding steroid dienone is 2. The maximum absolute atomic E-state index is 14.0. The number of benzene rings is 1. The van der Waals surface area contributed by atoms with Crippen molar-refractivity contribution in [3.63, 3.8) is 0 Å². The van der Waals surface area contributed by atoms with Crippen LogP contribution < -0.4 is 0 Å². The van der Waals surface area contributed by atoms with Crippen LogP contribution in [0.5, 0.6) is 0 Å². The normalized spacial score (nSPS) is 20.8. The minimum atomic E-state index is -0.941. The SMILES string of the molecule is O=C1CCCC(C(F)/C=C/CCCCc2ccccc2)C1. The van der Waals surface area contributed by atoms with E-state index in [2.05, 4.69) is 24.3 Å². The van der Waals surface area contributed by atoms with E-state index in [4.69, 9.17) is 0 Å². The van der Waals surface area contributed by atoms with Crippen LogP contribution in [-0.2, 0) is 11.2 Å². The second kappa shape index (κ2) is 8.76. The maximum Gasteiger partial charge on any atom is 0.133 e. The molecule has 1 aliphatic carbocycles. The van der Waals surface area contributed by atoms with E-state index in [1.165, 1.54) is 5.56 Å². The van der Waals surface area contributed by atoms with E-state index in [0.29, 0.717) is 12.8 Å². The third-order valence-electron chi connectivity index (χ3n) is 4.22. The molecule has 0 aromatic heterocycles. The van der Waals surface area contributed by atoms with Crippen LogP contribution in [0.2, 0.25) is 0 Å². The van der Waals surface area contributed by atoms with Crippen molar-refractivity contribution in [1.82, 2.24) is 0 Å². The summed E-state index contributed by atoms with van der Waals surface area (Å²) in [7, 11) is 0. The molecule has 0 aliphatic heterocycles. The largest absolute Gasteiger partial charge is 0.300 e. The van der Waals surface area contributed by atoms with Gasteiger partial charge in [-0.1, -0.05) is 42.5 Å². The van der Waals surface area contributed by atoms with Gasteiger partial charge in [0.25, 0.3) is 0 Å². The Morgan fingerprint density at radius 1 is 1.24 bits per heavy atom. The molecule has 2 unspecified atom stereocenters. The molecule has 2 rings (SSSR count). The van der Waals surface area contributed by atoms with Gasteiger partial charge in [0.05, 0.1) is 0 Å². The summed E-state index contributed by atoms with van der Waals surface area (Å²) >= 11 is 0. The average molecular weight is 288 g/mol. The number of rotatable bonds is 7. The van der Waals surface area contributed by atoms with Gasteiger partial charge in [0.1, 0.15) is 12.0 Å². The van der Waals surface area contributed by atoms with Gasteiger partial charge in [0, 0.05) is 18.8 Å². The highest BCUT2D eigenvalue weighted by Gasteiger charge is 2.25. The molecule has 1 aromatic rings. The Labute approximate surface area is 127 Å². The van der Waals surface area contributed by atoms with Crippen LogP contribution in [0, 0.1) is 5.92 Å². The molecule has 1 nitrogen and oxygen atoms in total. The zero-order chi connectivity index (χ0) is 14.9. The second-order valence-corrected chi connectivity index (χ2v) is 6.00. The zero-order valence-corrected chi connectivity index (χ0v) is 12.6. The second-order valence-electron chi connectivity index (χ2n) is 6.00. The van der Waals surface area contributed by atoms with Crippen molar-refractivity contribution in [3.8, 4) is 0 Å². The van der Waals surface area contributed by atoms with Crippen LogP contribution in [0.1, 0.15) is 50.5 Å². The molecule has 0 radical (unpaired) electrons. The van der Waals surface area contributed by atoms with Gasteiger partial charge in [-0.15, -0.1) is 0 Å². The van der Waals surface area contributed by atoms with Crippen LogP contribution in [-0.4, -0.2) is 12.0 Å². The Balaban J connectivity index is 1.60. The summed E-state index contributed by atoms with van der Waals surface area (Å²) in [5.41, 5.74) is 1.37. The van der Waals surface area contributed by atoms with Crippen molar-refractivity contribution >= 4 is 5.78 Å². The van der Waals surface area contributed by atoms with E-state index in [1.54, 1.807) is 6.08 Å². The molecule has 21 heavy (non-hydrogen) atoms. The number of alkyl halides is 1. The summed E-state index contributed by atoms with van der Waals surface area (Å²) in [4.78, 5) is 11.3. The Kier molecular flexibility index (Phi) is 6.65. The molecule has 0 saturated heterocycles. The summed E-state index contributed by atoms with van der Waals surface area (Å²) in [6.07, 6.45) is 9.70. The maximum atomic E-state index is 14.0. The van der Waals surface area contributed by atoms with Gasteiger partial charge in [0.2, 0.25) is 0 Å². The van der Waals surface area contributed by atoms with Crippen LogP contribution >= 0.6 is 0 Å². The summed E-state index contributed by atoms with van der Waals surface area (Å²) in [5, 5.41) is 0. The third-order valence-corrected chi connectivity index (χ3v) is 4.22. The first-order valence-corrected chi connectivity index (χ1v) is 8.12. The third kappa shape index (κ3) is 5.82. The van der Waals surface area contributed by atoms with E-state index in [-0.39, 0.29) is 11.7 Å². The van der Waals surface area contributed by atoms with Crippen molar-refractivity contribution in [2.75, 3.05) is 0 Å². The van der Waals surface area contributed by atoms with E-state index in [1.807, 2.05) is 12.1 Å². The number of Topliss-reactive ketones (excluding diaryl/α,β-unsaturated/α-hetero) is 1. The minimum absolute atomic E-state index is 0.0770. The van der Waals surface area contributed by atoms with Gasteiger partial charge in [-0.05, 0) is 44.1 Å². The molecule has 1 aromatic carbocycles. The highest BCUT2D eigenvalue weighted by molar-refractivity contribution is 5.79. The van der Waals surface area contributed by atoms with Crippen molar-refractivity contribution in [2.24, 2.45) is 5.92 Å². The predicted octanol–water partition coefficient (Wildman–Crippen LogP) is 5.05. The Morgan fingerprint density at radius 2 is 2.05 bits per heavy atom. The quantitative estimate of drug-likeness (QED) is 0.506. The highest BCUT2D eigenvalue weighted by Crippen LogP contribution is 2.26. The number of aryl methyl sites for hydroxylation is 1. The molecule has 1 aliphatic rings.